The number of unbranched alkanes of at least 4 members (excludes halogenated alkanes) is 4. The van der Waals surface area contributed by atoms with Crippen LogP contribution in [0.5, 0.6) is 0 Å². The van der Waals surface area contributed by atoms with Crippen LogP contribution in [0.3, 0.4) is 0 Å². The van der Waals surface area contributed by atoms with Crippen molar-refractivity contribution in [2.45, 2.75) is 105 Å². The van der Waals surface area contributed by atoms with Crippen LogP contribution in [0.2, 0.25) is 0 Å². The molecule has 0 N–H and O–H groups in total. The van der Waals surface area contributed by atoms with Gasteiger partial charge in [0.25, 0.3) is 0 Å². The lowest BCUT2D eigenvalue weighted by Gasteiger charge is -2.17. The minimum absolute atomic E-state index is 0.319. The van der Waals surface area contributed by atoms with Gasteiger partial charge in [-0.25, -0.2) is 9.59 Å². The second-order valence-electron chi connectivity index (χ2n) is 9.08. The van der Waals surface area contributed by atoms with Crippen molar-refractivity contribution in [3.05, 3.63) is 35.4 Å². The van der Waals surface area contributed by atoms with Gasteiger partial charge in [0.15, 0.2) is 0 Å². The van der Waals surface area contributed by atoms with Crippen LogP contribution in [0.25, 0.3) is 0 Å². The van der Waals surface area contributed by atoms with Crippen LogP contribution < -0.4 is 0 Å². The summed E-state index contributed by atoms with van der Waals surface area (Å²) >= 11 is 0. The number of esters is 2. The molecule has 0 aliphatic heterocycles. The first kappa shape index (κ1) is 28.2. The molecule has 0 aliphatic carbocycles. The predicted octanol–water partition coefficient (Wildman–Crippen LogP) is 7.99. The number of hydrogen-bond acceptors (Lipinski definition) is 4. The summed E-state index contributed by atoms with van der Waals surface area (Å²) in [5.41, 5.74) is 0.961. The van der Waals surface area contributed by atoms with Crippen molar-refractivity contribution < 1.29 is 19.1 Å². The Morgan fingerprint density at radius 3 is 1.28 bits per heavy atom. The number of ether oxygens (including phenoxy) is 2. The van der Waals surface area contributed by atoms with Crippen molar-refractivity contribution >= 4 is 11.9 Å². The van der Waals surface area contributed by atoms with E-state index >= 15 is 0 Å². The smallest absolute Gasteiger partial charge is 0.338 e. The van der Waals surface area contributed by atoms with E-state index in [9.17, 15) is 9.59 Å². The zero-order valence-electron chi connectivity index (χ0n) is 21.0. The molecule has 1 aromatic carbocycles. The Morgan fingerprint density at radius 1 is 0.594 bits per heavy atom. The third-order valence-corrected chi connectivity index (χ3v) is 6.08. The fraction of sp³-hybridized carbons (Fsp3) is 0.714. The first-order chi connectivity index (χ1) is 15.5. The number of benzene rings is 1. The van der Waals surface area contributed by atoms with E-state index in [4.69, 9.17) is 9.47 Å². The standard InChI is InChI=1S/C28H46O4/c1-5-9-11-15-23(13-7-3)21-31-27(29)25-17-19-26(20-18-25)28(30)32-22-24(14-8-4)16-12-10-6-2/h17-20,23-24H,5-16,21-22H2,1-4H3. The van der Waals surface area contributed by atoms with Crippen LogP contribution in [0.4, 0.5) is 0 Å². The first-order valence-electron chi connectivity index (χ1n) is 13.0. The molecule has 1 aromatic rings. The fourth-order valence-electron chi connectivity index (χ4n) is 4.10. The van der Waals surface area contributed by atoms with Crippen LogP contribution in [-0.4, -0.2) is 25.2 Å². The van der Waals surface area contributed by atoms with Gasteiger partial charge in [0, 0.05) is 0 Å². The van der Waals surface area contributed by atoms with Gasteiger partial charge in [0.1, 0.15) is 0 Å². The van der Waals surface area contributed by atoms with E-state index in [0.717, 1.165) is 38.5 Å². The minimum Gasteiger partial charge on any atom is -0.462 e. The summed E-state index contributed by atoms with van der Waals surface area (Å²) < 4.78 is 11.1. The van der Waals surface area contributed by atoms with E-state index in [2.05, 4.69) is 27.7 Å². The van der Waals surface area contributed by atoms with E-state index < -0.39 is 0 Å². The Bertz CT molecular complexity index is 568. The summed E-state index contributed by atoms with van der Waals surface area (Å²) in [6, 6.07) is 6.65. The summed E-state index contributed by atoms with van der Waals surface area (Å²) in [6.07, 6.45) is 13.8. The molecule has 0 saturated heterocycles. The fourth-order valence-corrected chi connectivity index (χ4v) is 4.10. The van der Waals surface area contributed by atoms with Gasteiger partial charge in [-0.2, -0.15) is 0 Å². The third-order valence-electron chi connectivity index (χ3n) is 6.08. The van der Waals surface area contributed by atoms with Crippen LogP contribution >= 0.6 is 0 Å². The molecule has 0 spiro atoms. The lowest BCUT2D eigenvalue weighted by atomic mass is 9.97. The Hall–Kier alpha value is -1.84. The molecule has 0 saturated carbocycles. The summed E-state index contributed by atoms with van der Waals surface area (Å²) in [6.45, 7) is 9.68. The van der Waals surface area contributed by atoms with Crippen molar-refractivity contribution in [3.8, 4) is 0 Å². The zero-order chi connectivity index (χ0) is 23.6. The van der Waals surface area contributed by atoms with Crippen molar-refractivity contribution in [1.29, 1.82) is 0 Å². The highest BCUT2D eigenvalue weighted by Crippen LogP contribution is 2.19. The maximum Gasteiger partial charge on any atom is 0.338 e. The van der Waals surface area contributed by atoms with Gasteiger partial charge in [-0.05, 0) is 61.8 Å². The van der Waals surface area contributed by atoms with E-state index in [1.54, 1.807) is 24.3 Å². The maximum absolute atomic E-state index is 12.4. The second-order valence-corrected chi connectivity index (χ2v) is 9.08. The quantitative estimate of drug-likeness (QED) is 0.169. The molecule has 0 heterocycles. The van der Waals surface area contributed by atoms with E-state index in [1.165, 1.54) is 38.5 Å². The summed E-state index contributed by atoms with van der Waals surface area (Å²) in [7, 11) is 0. The summed E-state index contributed by atoms with van der Waals surface area (Å²) in [5.74, 6) is 0.220. The van der Waals surface area contributed by atoms with Gasteiger partial charge in [0.2, 0.25) is 0 Å². The lowest BCUT2D eigenvalue weighted by Crippen LogP contribution is -2.16. The maximum atomic E-state index is 12.4. The SMILES string of the molecule is CCCCCC(CCC)COC(=O)c1ccc(C(=O)OCC(CCC)CCCCC)cc1. The normalized spacial score (nSPS) is 12.9. The molecular formula is C28H46O4. The minimum atomic E-state index is -0.319. The first-order valence-corrected chi connectivity index (χ1v) is 13.0. The van der Waals surface area contributed by atoms with E-state index in [-0.39, 0.29) is 11.9 Å². The third kappa shape index (κ3) is 11.7. The molecule has 4 heteroatoms. The molecule has 2 atom stereocenters. The molecule has 0 fully saturated rings. The monoisotopic (exact) mass is 446 g/mol. The number of hydrogen-bond donors (Lipinski definition) is 0. The van der Waals surface area contributed by atoms with Gasteiger partial charge in [-0.1, -0.05) is 79.1 Å². The molecule has 0 radical (unpaired) electrons. The van der Waals surface area contributed by atoms with Crippen molar-refractivity contribution in [1.82, 2.24) is 0 Å². The molecule has 182 valence electrons. The van der Waals surface area contributed by atoms with Crippen LogP contribution in [0, 0.1) is 11.8 Å². The number of carbonyl (C=O) groups excluding carboxylic acids is 2. The second kappa shape index (κ2) is 17.7. The van der Waals surface area contributed by atoms with Crippen LogP contribution in [0.15, 0.2) is 24.3 Å². The molecule has 4 nitrogen and oxygen atoms in total. The highest BCUT2D eigenvalue weighted by molar-refractivity contribution is 5.93. The van der Waals surface area contributed by atoms with Crippen molar-refractivity contribution in [2.24, 2.45) is 11.8 Å². The van der Waals surface area contributed by atoms with Gasteiger partial charge < -0.3 is 9.47 Å². The Morgan fingerprint density at radius 2 is 0.969 bits per heavy atom. The van der Waals surface area contributed by atoms with Crippen LogP contribution in [-0.2, 0) is 9.47 Å². The predicted molar refractivity (Wildman–Crippen MR) is 132 cm³/mol. The summed E-state index contributed by atoms with van der Waals surface area (Å²) in [4.78, 5) is 24.9. The molecule has 0 aromatic heterocycles. The average Bonchev–Trinajstić information content (AvgIpc) is 2.81. The molecule has 2 unspecified atom stereocenters. The highest BCUT2D eigenvalue weighted by atomic mass is 16.5. The highest BCUT2D eigenvalue weighted by Gasteiger charge is 2.16. The summed E-state index contributed by atoms with van der Waals surface area (Å²) in [5, 5.41) is 0. The van der Waals surface area contributed by atoms with Crippen molar-refractivity contribution in [3.63, 3.8) is 0 Å². The lowest BCUT2D eigenvalue weighted by molar-refractivity contribution is 0.0410. The van der Waals surface area contributed by atoms with Gasteiger partial charge in [-0.15, -0.1) is 0 Å². The molecule has 1 rings (SSSR count). The van der Waals surface area contributed by atoms with Gasteiger partial charge >= 0.3 is 11.9 Å². The molecule has 0 aliphatic rings. The van der Waals surface area contributed by atoms with Crippen LogP contribution in [0.1, 0.15) is 125 Å². The van der Waals surface area contributed by atoms with Crippen molar-refractivity contribution in [2.75, 3.05) is 13.2 Å². The topological polar surface area (TPSA) is 52.6 Å². The molecule has 0 bridgehead atoms. The van der Waals surface area contributed by atoms with Gasteiger partial charge in [0.05, 0.1) is 24.3 Å². The molecular weight excluding hydrogens is 400 g/mol. The zero-order valence-corrected chi connectivity index (χ0v) is 21.0. The Balaban J connectivity index is 2.52. The van der Waals surface area contributed by atoms with Gasteiger partial charge in [-0.3, -0.25) is 0 Å². The number of rotatable bonds is 18. The average molecular weight is 447 g/mol. The largest absolute Gasteiger partial charge is 0.462 e. The molecule has 32 heavy (non-hydrogen) atoms. The van der Waals surface area contributed by atoms with E-state index in [1.807, 2.05) is 0 Å². The molecule has 0 amide bonds. The number of carbonyl (C=O) groups is 2. The Labute approximate surface area is 196 Å². The van der Waals surface area contributed by atoms with E-state index in [0.29, 0.717) is 36.2 Å². The Kier molecular flexibility index (Phi) is 15.6.